The molecule has 240 valence electrons. The number of sulfonamides is 1. The standard InChI is InChI=1S/C32H28F2N2O9S/c1-14-8-18(36-46(42,43)24-7-6-17(33)10-20(24)34)9-15(2)19(14)13-35-31(41)27-23(44-5)11-22(39)28-29(27)45-25-12-21(38)26(16(3)37)30(40)32(25,28)4/h6-12,36,38-39H,13H2,1-5H3,(H,35,41)/t32-/m1/s1. The number of aryl methyl sites for hydroxylation is 2. The van der Waals surface area contributed by atoms with Crippen molar-refractivity contribution >= 4 is 33.2 Å². The molecule has 0 spiro atoms. The normalized spacial score (nSPS) is 17.1. The summed E-state index contributed by atoms with van der Waals surface area (Å²) in [6.07, 6.45) is 1.10. The number of aliphatic hydroxyl groups is 1. The van der Waals surface area contributed by atoms with E-state index in [1.807, 2.05) is 0 Å². The summed E-state index contributed by atoms with van der Waals surface area (Å²) in [6.45, 7) is 5.80. The van der Waals surface area contributed by atoms with E-state index in [2.05, 4.69) is 10.0 Å². The quantitative estimate of drug-likeness (QED) is 0.255. The Morgan fingerprint density at radius 2 is 1.72 bits per heavy atom. The topological polar surface area (TPSA) is 168 Å². The minimum atomic E-state index is -4.39. The Balaban J connectivity index is 1.44. The van der Waals surface area contributed by atoms with E-state index in [-0.39, 0.29) is 40.6 Å². The number of halogens is 2. The number of Topliss-reactive ketones (excluding diaryl/α,β-unsaturated/α-hetero) is 2. The molecule has 1 aliphatic carbocycles. The van der Waals surface area contributed by atoms with E-state index < -0.39 is 66.5 Å². The third-order valence-electron chi connectivity index (χ3n) is 7.99. The average molecular weight is 655 g/mol. The van der Waals surface area contributed by atoms with Gasteiger partial charge in [-0.25, -0.2) is 17.2 Å². The Labute approximate surface area is 262 Å². The summed E-state index contributed by atoms with van der Waals surface area (Å²) in [4.78, 5) is 38.6. The van der Waals surface area contributed by atoms with Crippen molar-refractivity contribution in [2.75, 3.05) is 11.8 Å². The van der Waals surface area contributed by atoms with Crippen molar-refractivity contribution in [2.45, 2.75) is 44.6 Å². The number of allylic oxidation sites excluding steroid dienone is 3. The van der Waals surface area contributed by atoms with Crippen molar-refractivity contribution in [1.82, 2.24) is 5.32 Å². The summed E-state index contributed by atoms with van der Waals surface area (Å²) in [6, 6.07) is 6.21. The number of aliphatic hydroxyl groups excluding tert-OH is 1. The fourth-order valence-corrected chi connectivity index (χ4v) is 6.81. The zero-order valence-electron chi connectivity index (χ0n) is 25.2. The van der Waals surface area contributed by atoms with Gasteiger partial charge < -0.3 is 25.0 Å². The third-order valence-corrected chi connectivity index (χ3v) is 9.41. The van der Waals surface area contributed by atoms with Gasteiger partial charge in [0.1, 0.15) is 56.1 Å². The van der Waals surface area contributed by atoms with Gasteiger partial charge >= 0.3 is 0 Å². The maximum Gasteiger partial charge on any atom is 0.264 e. The van der Waals surface area contributed by atoms with E-state index in [0.29, 0.717) is 22.8 Å². The molecule has 5 rings (SSSR count). The average Bonchev–Trinajstić information content (AvgIpc) is 3.25. The number of ketones is 2. The Kier molecular flexibility index (Phi) is 7.89. The SMILES string of the molecule is COc1cc(O)c2c(c1C(=O)NCc1c(C)cc(NS(=O)(=O)c3ccc(F)cc3F)cc1C)OC1=CC(O)=C(C(C)=O)C(=O)[C@]12C. The van der Waals surface area contributed by atoms with E-state index >= 15 is 0 Å². The van der Waals surface area contributed by atoms with Crippen LogP contribution < -0.4 is 19.5 Å². The van der Waals surface area contributed by atoms with Crippen LogP contribution in [0, 0.1) is 25.5 Å². The number of nitrogens with one attached hydrogen (secondary N) is 2. The number of fused-ring (bicyclic) bond motifs is 3. The molecule has 0 saturated heterocycles. The number of aromatic hydroxyl groups is 1. The number of ether oxygens (including phenoxy) is 2. The van der Waals surface area contributed by atoms with E-state index in [1.165, 1.54) is 26.2 Å². The number of phenols is 1. The summed E-state index contributed by atoms with van der Waals surface area (Å²) < 4.78 is 66.5. The fraction of sp³-hybridized carbons (Fsp3) is 0.219. The van der Waals surface area contributed by atoms with Gasteiger partial charge in [-0.05, 0) is 68.7 Å². The van der Waals surface area contributed by atoms with Crippen molar-refractivity contribution in [3.05, 3.63) is 99.0 Å². The summed E-state index contributed by atoms with van der Waals surface area (Å²) in [5.41, 5.74) is -0.598. The first-order valence-electron chi connectivity index (χ1n) is 13.7. The molecule has 0 bridgehead atoms. The number of amides is 1. The maximum atomic E-state index is 14.2. The van der Waals surface area contributed by atoms with Gasteiger partial charge in [-0.1, -0.05) is 0 Å². The number of carbonyl (C=O) groups excluding carboxylic acids is 3. The van der Waals surface area contributed by atoms with Crippen LogP contribution in [0.5, 0.6) is 17.2 Å². The fourth-order valence-electron chi connectivity index (χ4n) is 5.71. The van der Waals surface area contributed by atoms with Gasteiger partial charge in [0.2, 0.25) is 0 Å². The second kappa shape index (κ2) is 11.3. The summed E-state index contributed by atoms with van der Waals surface area (Å²) in [5.74, 6) is -5.81. The van der Waals surface area contributed by atoms with Crippen molar-refractivity contribution in [3.8, 4) is 17.2 Å². The number of carbonyl (C=O) groups is 3. The van der Waals surface area contributed by atoms with Gasteiger partial charge in [0.05, 0.1) is 12.7 Å². The van der Waals surface area contributed by atoms with Gasteiger partial charge in [0, 0.05) is 30.4 Å². The predicted molar refractivity (Wildman–Crippen MR) is 160 cm³/mol. The highest BCUT2D eigenvalue weighted by atomic mass is 32.2. The van der Waals surface area contributed by atoms with Crippen LogP contribution in [-0.4, -0.2) is 43.2 Å². The smallest absolute Gasteiger partial charge is 0.264 e. The monoisotopic (exact) mass is 654 g/mol. The molecule has 1 aliphatic heterocycles. The van der Waals surface area contributed by atoms with Crippen LogP contribution in [-0.2, 0) is 31.6 Å². The summed E-state index contributed by atoms with van der Waals surface area (Å²) >= 11 is 0. The molecule has 4 N–H and O–H groups in total. The molecule has 3 aromatic carbocycles. The molecule has 0 saturated carbocycles. The number of hydrogen-bond acceptors (Lipinski definition) is 9. The first kappa shape index (κ1) is 32.2. The largest absolute Gasteiger partial charge is 0.507 e. The number of hydrogen-bond donors (Lipinski definition) is 4. The van der Waals surface area contributed by atoms with Crippen LogP contribution in [0.15, 0.2) is 64.5 Å². The van der Waals surface area contributed by atoms with Crippen LogP contribution in [0.1, 0.15) is 46.5 Å². The second-order valence-corrected chi connectivity index (χ2v) is 12.7. The highest BCUT2D eigenvalue weighted by molar-refractivity contribution is 7.92. The molecule has 1 atom stereocenters. The number of anilines is 1. The molecule has 3 aromatic rings. The van der Waals surface area contributed by atoms with Gasteiger partial charge in [-0.15, -0.1) is 0 Å². The zero-order valence-corrected chi connectivity index (χ0v) is 26.0. The van der Waals surface area contributed by atoms with E-state index in [0.717, 1.165) is 31.2 Å². The lowest BCUT2D eigenvalue weighted by Gasteiger charge is -2.27. The zero-order chi connectivity index (χ0) is 33.9. The Bertz CT molecular complexity index is 2030. The number of methoxy groups -OCH3 is 1. The Hall–Kier alpha value is -5.24. The maximum absolute atomic E-state index is 14.2. The van der Waals surface area contributed by atoms with Crippen molar-refractivity contribution in [1.29, 1.82) is 0 Å². The molecule has 0 unspecified atom stereocenters. The second-order valence-electron chi connectivity index (χ2n) is 11.0. The van der Waals surface area contributed by atoms with E-state index in [9.17, 15) is 41.8 Å². The number of benzene rings is 3. The van der Waals surface area contributed by atoms with Gasteiger partial charge in [-0.3, -0.25) is 19.1 Å². The summed E-state index contributed by atoms with van der Waals surface area (Å²) in [5, 5.41) is 24.0. The van der Waals surface area contributed by atoms with Crippen LogP contribution in [0.2, 0.25) is 0 Å². The number of rotatable bonds is 8. The van der Waals surface area contributed by atoms with Gasteiger partial charge in [-0.2, -0.15) is 0 Å². The highest BCUT2D eigenvalue weighted by Crippen LogP contribution is 2.56. The third kappa shape index (κ3) is 5.13. The molecular weight excluding hydrogens is 626 g/mol. The van der Waals surface area contributed by atoms with Gasteiger partial charge in [0.25, 0.3) is 15.9 Å². The first-order chi connectivity index (χ1) is 21.5. The number of phenolic OH excluding ortho intramolecular Hbond substituents is 1. The lowest BCUT2D eigenvalue weighted by Crippen LogP contribution is -2.38. The Morgan fingerprint density at radius 3 is 2.30 bits per heavy atom. The highest BCUT2D eigenvalue weighted by Gasteiger charge is 2.55. The first-order valence-corrected chi connectivity index (χ1v) is 15.2. The van der Waals surface area contributed by atoms with Crippen molar-refractivity contribution in [2.24, 2.45) is 0 Å². The van der Waals surface area contributed by atoms with Crippen molar-refractivity contribution in [3.63, 3.8) is 0 Å². The molecule has 0 aromatic heterocycles. The van der Waals surface area contributed by atoms with E-state index in [4.69, 9.17) is 9.47 Å². The van der Waals surface area contributed by atoms with Crippen LogP contribution in [0.4, 0.5) is 14.5 Å². The molecule has 2 aliphatic rings. The van der Waals surface area contributed by atoms with Crippen molar-refractivity contribution < 1.29 is 51.3 Å². The van der Waals surface area contributed by atoms with Crippen LogP contribution in [0.3, 0.4) is 0 Å². The van der Waals surface area contributed by atoms with Crippen LogP contribution >= 0.6 is 0 Å². The molecule has 1 amide bonds. The molecule has 0 radical (unpaired) electrons. The molecular formula is C32H28F2N2O9S. The van der Waals surface area contributed by atoms with Gasteiger partial charge in [0.15, 0.2) is 17.3 Å². The lowest BCUT2D eigenvalue weighted by atomic mass is 9.71. The molecule has 0 fully saturated rings. The predicted octanol–water partition coefficient (Wildman–Crippen LogP) is 4.54. The molecule has 46 heavy (non-hydrogen) atoms. The molecule has 1 heterocycles. The summed E-state index contributed by atoms with van der Waals surface area (Å²) in [7, 11) is -3.13. The minimum Gasteiger partial charge on any atom is -0.507 e. The van der Waals surface area contributed by atoms with E-state index in [1.54, 1.807) is 13.8 Å². The molecule has 14 heteroatoms. The minimum absolute atomic E-state index is 0.0648. The lowest BCUT2D eigenvalue weighted by molar-refractivity contribution is -0.123. The molecule has 11 nitrogen and oxygen atoms in total. The Morgan fingerprint density at radius 1 is 1.07 bits per heavy atom. The van der Waals surface area contributed by atoms with Crippen LogP contribution in [0.25, 0.3) is 0 Å².